The van der Waals surface area contributed by atoms with E-state index < -0.39 is 5.60 Å². The Kier molecular flexibility index (Phi) is 4.93. The number of thiophene rings is 1. The van der Waals surface area contributed by atoms with E-state index in [-0.39, 0.29) is 12.1 Å². The summed E-state index contributed by atoms with van der Waals surface area (Å²) in [6.45, 7) is 7.12. The number of rotatable bonds is 3. The average molecular weight is 397 g/mol. The van der Waals surface area contributed by atoms with Crippen LogP contribution in [-0.2, 0) is 4.74 Å². The molecule has 28 heavy (non-hydrogen) atoms. The molecule has 0 radical (unpaired) electrons. The molecule has 1 atom stereocenters. The highest BCUT2D eigenvalue weighted by atomic mass is 32.1. The van der Waals surface area contributed by atoms with Crippen LogP contribution in [0, 0.1) is 0 Å². The number of amides is 1. The number of nitrogens with one attached hydrogen (secondary N) is 1. The van der Waals surface area contributed by atoms with Crippen LogP contribution in [0.4, 0.5) is 10.6 Å². The first-order valence-electron chi connectivity index (χ1n) is 9.43. The summed E-state index contributed by atoms with van der Waals surface area (Å²) in [6.07, 6.45) is 0.483. The van der Waals surface area contributed by atoms with Gasteiger partial charge in [0.1, 0.15) is 11.4 Å². The first-order valence-corrected chi connectivity index (χ1v) is 10.4. The molecule has 146 valence electrons. The number of carbonyl (C=O) groups excluding carboxylic acids is 1. The van der Waals surface area contributed by atoms with Gasteiger partial charge >= 0.3 is 6.09 Å². The van der Waals surface area contributed by atoms with Crippen LogP contribution in [0.15, 0.2) is 41.1 Å². The van der Waals surface area contributed by atoms with E-state index in [1.807, 2.05) is 50.4 Å². The summed E-state index contributed by atoms with van der Waals surface area (Å²) >= 11 is 1.63. The number of para-hydroxylation sites is 1. The van der Waals surface area contributed by atoms with Crippen LogP contribution in [0.3, 0.4) is 0 Å². The minimum absolute atomic E-state index is 0.0353. The number of ether oxygens (including phenoxy) is 1. The molecule has 3 heterocycles. The molecule has 0 saturated carbocycles. The molecule has 0 spiro atoms. The molecule has 1 N–H and O–H groups in total. The maximum atomic E-state index is 12.1. The number of fused-ring (bicyclic) bond motifs is 1. The van der Waals surface area contributed by atoms with E-state index in [9.17, 15) is 4.79 Å². The van der Waals surface area contributed by atoms with Crippen molar-refractivity contribution < 1.29 is 9.53 Å². The molecule has 1 amide bonds. The van der Waals surface area contributed by atoms with E-state index >= 15 is 0 Å². The average Bonchev–Trinajstić information content (AvgIpc) is 3.31. The van der Waals surface area contributed by atoms with Crippen LogP contribution in [0.1, 0.15) is 27.2 Å². The standard InChI is InChI=1S/C21H24N4O2S/c1-21(2,3)27-20(26)22-15-8-10-25(12-15)19-16-6-4-5-7-17(16)23-18(24-19)14-9-11-28-13-14/h4-7,9,11,13,15H,8,10,12H2,1-3H3,(H,22,26)/t15-/m0/s1. The topological polar surface area (TPSA) is 67.3 Å². The minimum atomic E-state index is -0.499. The van der Waals surface area contributed by atoms with Gasteiger partial charge in [0.2, 0.25) is 0 Å². The van der Waals surface area contributed by atoms with E-state index in [1.54, 1.807) is 11.3 Å². The molecule has 7 heteroatoms. The number of hydrogen-bond acceptors (Lipinski definition) is 6. The van der Waals surface area contributed by atoms with E-state index in [0.29, 0.717) is 6.54 Å². The Labute approximate surface area is 168 Å². The van der Waals surface area contributed by atoms with Crippen LogP contribution in [0.5, 0.6) is 0 Å². The van der Waals surface area contributed by atoms with Crippen molar-refractivity contribution >= 4 is 34.2 Å². The van der Waals surface area contributed by atoms with Crippen molar-refractivity contribution in [2.24, 2.45) is 0 Å². The summed E-state index contributed by atoms with van der Waals surface area (Å²) in [5.74, 6) is 1.65. The van der Waals surface area contributed by atoms with Gasteiger partial charge in [0.15, 0.2) is 5.82 Å². The monoisotopic (exact) mass is 396 g/mol. The Morgan fingerprint density at radius 2 is 2.07 bits per heavy atom. The molecule has 1 aliphatic heterocycles. The maximum absolute atomic E-state index is 12.1. The largest absolute Gasteiger partial charge is 0.444 e. The quantitative estimate of drug-likeness (QED) is 0.708. The van der Waals surface area contributed by atoms with Gasteiger partial charge in [0, 0.05) is 29.4 Å². The molecule has 0 bridgehead atoms. The predicted molar refractivity (Wildman–Crippen MR) is 113 cm³/mol. The van der Waals surface area contributed by atoms with Crippen molar-refractivity contribution in [3.05, 3.63) is 41.1 Å². The Morgan fingerprint density at radius 3 is 2.82 bits per heavy atom. The minimum Gasteiger partial charge on any atom is -0.444 e. The van der Waals surface area contributed by atoms with Crippen LogP contribution in [0.2, 0.25) is 0 Å². The number of alkyl carbamates (subject to hydrolysis) is 1. The number of carbonyl (C=O) groups is 1. The summed E-state index contributed by atoms with van der Waals surface area (Å²) in [6, 6.07) is 10.1. The molecule has 1 aromatic carbocycles. The van der Waals surface area contributed by atoms with Crippen molar-refractivity contribution in [2.75, 3.05) is 18.0 Å². The second kappa shape index (κ2) is 7.39. The second-order valence-corrected chi connectivity index (χ2v) is 8.76. The number of hydrogen-bond donors (Lipinski definition) is 1. The van der Waals surface area contributed by atoms with Gasteiger partial charge < -0.3 is 15.0 Å². The first-order chi connectivity index (χ1) is 13.4. The zero-order valence-electron chi connectivity index (χ0n) is 16.3. The predicted octanol–water partition coefficient (Wildman–Crippen LogP) is 4.46. The Morgan fingerprint density at radius 1 is 1.25 bits per heavy atom. The molecule has 1 saturated heterocycles. The first kappa shape index (κ1) is 18.7. The number of benzene rings is 1. The van der Waals surface area contributed by atoms with Crippen molar-refractivity contribution in [2.45, 2.75) is 38.8 Å². The molecule has 0 aliphatic carbocycles. The van der Waals surface area contributed by atoms with Gasteiger partial charge in [-0.1, -0.05) is 12.1 Å². The maximum Gasteiger partial charge on any atom is 0.407 e. The third-order valence-electron chi connectivity index (χ3n) is 4.57. The fraction of sp³-hybridized carbons (Fsp3) is 0.381. The van der Waals surface area contributed by atoms with Gasteiger partial charge in [0.25, 0.3) is 0 Å². The van der Waals surface area contributed by atoms with Crippen molar-refractivity contribution in [3.63, 3.8) is 0 Å². The molecule has 4 rings (SSSR count). The second-order valence-electron chi connectivity index (χ2n) is 7.98. The third kappa shape index (κ3) is 4.09. The van der Waals surface area contributed by atoms with Gasteiger partial charge in [0.05, 0.1) is 11.6 Å². The summed E-state index contributed by atoms with van der Waals surface area (Å²) in [7, 11) is 0. The molecule has 0 unspecified atom stereocenters. The van der Waals surface area contributed by atoms with Gasteiger partial charge in [-0.3, -0.25) is 0 Å². The third-order valence-corrected chi connectivity index (χ3v) is 5.25. The zero-order chi connectivity index (χ0) is 19.7. The smallest absolute Gasteiger partial charge is 0.407 e. The van der Waals surface area contributed by atoms with E-state index in [4.69, 9.17) is 14.7 Å². The van der Waals surface area contributed by atoms with Gasteiger partial charge in [-0.25, -0.2) is 14.8 Å². The Hall–Kier alpha value is -2.67. The fourth-order valence-electron chi connectivity index (χ4n) is 3.37. The summed E-state index contributed by atoms with van der Waals surface area (Å²) in [5.41, 5.74) is 1.46. The number of nitrogens with zero attached hydrogens (tertiary/aromatic N) is 3. The SMILES string of the molecule is CC(C)(C)OC(=O)N[C@H]1CCN(c2nc(-c3ccsc3)nc3ccccc23)C1. The van der Waals surface area contributed by atoms with Crippen LogP contribution in [0.25, 0.3) is 22.3 Å². The highest BCUT2D eigenvalue weighted by Crippen LogP contribution is 2.30. The normalized spacial score (nSPS) is 17.1. The Bertz CT molecular complexity index is 982. The number of anilines is 1. The molecule has 1 fully saturated rings. The summed E-state index contributed by atoms with van der Waals surface area (Å²) in [5, 5.41) is 8.10. The van der Waals surface area contributed by atoms with Crippen molar-refractivity contribution in [1.29, 1.82) is 0 Å². The lowest BCUT2D eigenvalue weighted by Crippen LogP contribution is -2.40. The van der Waals surface area contributed by atoms with Gasteiger partial charge in [-0.2, -0.15) is 11.3 Å². The molecule has 3 aromatic rings. The fourth-order valence-corrected chi connectivity index (χ4v) is 4.00. The van der Waals surface area contributed by atoms with E-state index in [1.165, 1.54) is 0 Å². The van der Waals surface area contributed by atoms with Crippen LogP contribution < -0.4 is 10.2 Å². The Balaban J connectivity index is 1.58. The molecule has 1 aliphatic rings. The van der Waals surface area contributed by atoms with Gasteiger partial charge in [-0.15, -0.1) is 0 Å². The van der Waals surface area contributed by atoms with Gasteiger partial charge in [-0.05, 0) is 50.8 Å². The lowest BCUT2D eigenvalue weighted by Gasteiger charge is -2.22. The molecule has 6 nitrogen and oxygen atoms in total. The summed E-state index contributed by atoms with van der Waals surface area (Å²) in [4.78, 5) is 23.9. The highest BCUT2D eigenvalue weighted by molar-refractivity contribution is 7.08. The van der Waals surface area contributed by atoms with Crippen LogP contribution in [-0.4, -0.2) is 40.8 Å². The number of aromatic nitrogens is 2. The molecular weight excluding hydrogens is 372 g/mol. The zero-order valence-corrected chi connectivity index (χ0v) is 17.1. The summed E-state index contributed by atoms with van der Waals surface area (Å²) < 4.78 is 5.39. The highest BCUT2D eigenvalue weighted by Gasteiger charge is 2.28. The van der Waals surface area contributed by atoms with Crippen LogP contribution >= 0.6 is 11.3 Å². The van der Waals surface area contributed by atoms with E-state index in [2.05, 4.69) is 21.7 Å². The van der Waals surface area contributed by atoms with Crippen molar-refractivity contribution in [3.8, 4) is 11.4 Å². The molecule has 2 aromatic heterocycles. The molecular formula is C21H24N4O2S. The lowest BCUT2D eigenvalue weighted by atomic mass is 10.2. The lowest BCUT2D eigenvalue weighted by molar-refractivity contribution is 0.0509. The van der Waals surface area contributed by atoms with E-state index in [0.717, 1.165) is 41.1 Å². The van der Waals surface area contributed by atoms with Crippen molar-refractivity contribution in [1.82, 2.24) is 15.3 Å².